The summed E-state index contributed by atoms with van der Waals surface area (Å²) < 4.78 is 6.70. The number of aromatic nitrogens is 2. The average molecular weight is 951 g/mol. The van der Waals surface area contributed by atoms with Crippen LogP contribution in [0.1, 0.15) is 108 Å². The van der Waals surface area contributed by atoms with Gasteiger partial charge in [-0.1, -0.05) is 60.0 Å². The van der Waals surface area contributed by atoms with Crippen LogP contribution in [0, 0.1) is 0 Å². The van der Waals surface area contributed by atoms with E-state index < -0.39 is 11.9 Å². The topological polar surface area (TPSA) is 195 Å². The molecule has 2 atom stereocenters. The van der Waals surface area contributed by atoms with Gasteiger partial charge in [-0.25, -0.2) is 9.97 Å². The Morgan fingerprint density at radius 2 is 1.74 bits per heavy atom. The lowest BCUT2D eigenvalue weighted by Crippen LogP contribution is -2.52. The molecule has 7 rings (SSSR count). The molecule has 0 radical (unpaired) electrons. The van der Waals surface area contributed by atoms with E-state index in [1.165, 1.54) is 4.90 Å². The molecule has 0 aliphatic carbocycles. The lowest BCUT2D eigenvalue weighted by molar-refractivity contribution is -0.137. The number of likely N-dealkylation sites (N-methyl/N-ethyl adjacent to an activating group) is 1. The third-order valence-corrected chi connectivity index (χ3v) is 12.7. The Kier molecular flexibility index (Phi) is 15.6. The predicted octanol–water partition coefficient (Wildman–Crippen LogP) is 5.66. The van der Waals surface area contributed by atoms with Gasteiger partial charge in [-0.3, -0.25) is 34.1 Å². The Morgan fingerprint density at radius 1 is 0.954 bits per heavy atom. The molecule has 0 saturated carbocycles. The first-order valence-corrected chi connectivity index (χ1v) is 23.1. The molecular weight excluding hydrogens is 894 g/mol. The summed E-state index contributed by atoms with van der Waals surface area (Å²) in [4.78, 5) is 91.1. The number of hydrogen-bond acceptors (Lipinski definition) is 11. The van der Waals surface area contributed by atoms with Crippen molar-refractivity contribution in [1.29, 1.82) is 0 Å². The van der Waals surface area contributed by atoms with Gasteiger partial charge in [0.2, 0.25) is 23.6 Å². The number of benzene rings is 3. The van der Waals surface area contributed by atoms with E-state index in [-0.39, 0.29) is 55.0 Å². The van der Waals surface area contributed by atoms with Crippen LogP contribution in [0.3, 0.4) is 0 Å². The van der Waals surface area contributed by atoms with Crippen LogP contribution in [0.25, 0.3) is 0 Å². The fraction of sp³-hybridized carbons (Fsp3) is 0.417. The van der Waals surface area contributed by atoms with Crippen molar-refractivity contribution in [3.05, 3.63) is 105 Å². The minimum atomic E-state index is -0.710. The highest BCUT2D eigenvalue weighted by atomic mass is 79.9. The summed E-state index contributed by atoms with van der Waals surface area (Å²) in [6.45, 7) is 4.82. The molecule has 3 aliphatic rings. The van der Waals surface area contributed by atoms with Gasteiger partial charge < -0.3 is 35.4 Å². The van der Waals surface area contributed by atoms with Crippen molar-refractivity contribution < 1.29 is 33.5 Å². The molecule has 3 aliphatic heterocycles. The average Bonchev–Trinajstić information content (AvgIpc) is 3.64. The number of methoxy groups -OCH3 is 1. The van der Waals surface area contributed by atoms with Gasteiger partial charge in [0.05, 0.1) is 13.3 Å². The first kappa shape index (κ1) is 46.8. The number of unbranched alkanes of at least 4 members (excludes halogenated alkanes) is 3. The van der Waals surface area contributed by atoms with Gasteiger partial charge in [-0.05, 0) is 87.2 Å². The number of halogens is 1. The maximum atomic E-state index is 13.3. The van der Waals surface area contributed by atoms with Crippen LogP contribution in [-0.2, 0) is 38.7 Å². The van der Waals surface area contributed by atoms with Gasteiger partial charge in [0.1, 0.15) is 29.3 Å². The number of amides is 6. The highest BCUT2D eigenvalue weighted by molar-refractivity contribution is 9.10. The van der Waals surface area contributed by atoms with Crippen LogP contribution in [0.2, 0.25) is 0 Å². The number of imide groups is 1. The maximum absolute atomic E-state index is 13.3. The predicted molar refractivity (Wildman–Crippen MR) is 250 cm³/mol. The van der Waals surface area contributed by atoms with Crippen molar-refractivity contribution in [2.24, 2.45) is 0 Å². The minimum absolute atomic E-state index is 0.00401. The Labute approximate surface area is 387 Å². The molecule has 1 fully saturated rings. The van der Waals surface area contributed by atoms with Crippen molar-refractivity contribution in [2.45, 2.75) is 96.3 Å². The van der Waals surface area contributed by atoms with Crippen molar-refractivity contribution in [3.8, 4) is 5.75 Å². The van der Waals surface area contributed by atoms with Crippen LogP contribution in [0.4, 0.5) is 17.2 Å². The zero-order valence-corrected chi connectivity index (χ0v) is 38.7. The summed E-state index contributed by atoms with van der Waals surface area (Å²) in [5, 5.41) is 11.7. The number of carbonyl (C=O) groups is 6. The van der Waals surface area contributed by atoms with Gasteiger partial charge in [0.15, 0.2) is 5.82 Å². The van der Waals surface area contributed by atoms with Gasteiger partial charge in [0, 0.05) is 78.4 Å². The molecule has 4 heterocycles. The van der Waals surface area contributed by atoms with Crippen molar-refractivity contribution in [2.75, 3.05) is 48.9 Å². The molecule has 6 amide bonds. The third-order valence-electron chi connectivity index (χ3n) is 12.2. The zero-order chi connectivity index (χ0) is 46.0. The first-order valence-electron chi connectivity index (χ1n) is 22.3. The fourth-order valence-corrected chi connectivity index (χ4v) is 8.84. The van der Waals surface area contributed by atoms with Crippen LogP contribution < -0.4 is 35.8 Å². The summed E-state index contributed by atoms with van der Waals surface area (Å²) in [5.41, 5.74) is 4.76. The van der Waals surface area contributed by atoms with E-state index in [4.69, 9.17) is 9.72 Å². The number of fused-ring (bicyclic) bond motifs is 2. The highest BCUT2D eigenvalue weighted by Crippen LogP contribution is 2.36. The number of piperidine rings is 1. The molecule has 4 N–H and O–H groups in total. The van der Waals surface area contributed by atoms with E-state index in [0.29, 0.717) is 77.8 Å². The monoisotopic (exact) mass is 949 g/mol. The number of nitrogens with one attached hydrogen (secondary N) is 4. The highest BCUT2D eigenvalue weighted by Gasteiger charge is 2.40. The van der Waals surface area contributed by atoms with E-state index in [0.717, 1.165) is 60.8 Å². The van der Waals surface area contributed by atoms with Crippen LogP contribution >= 0.6 is 15.9 Å². The quantitative estimate of drug-likeness (QED) is 0.0631. The van der Waals surface area contributed by atoms with E-state index >= 15 is 0 Å². The normalized spacial score (nSPS) is 16.9. The standard InChI is InChI=1S/C48H56BrN9O7/c1-4-37-48(64)56(2)39-27-52-41(54-44(39)57(37)28-30-14-18-33(49)19-15-30)26-31-16-17-32(25-40(31)65-3)45(61)51-24-10-23-50-22-8-6-5-7-13-42(59)53-36-12-9-11-34-35(36)29-58(47(34)63)38-20-21-43(60)55-46(38)62/h9,11-12,14-19,25,27,37-38,50H,4-8,10,13,20-24,26,28-29H2,1-3H3,(H,51,61)(H,53,59)(H,55,60,62)/t37-,38?/m1/s1. The molecule has 3 aromatic carbocycles. The summed E-state index contributed by atoms with van der Waals surface area (Å²) in [6.07, 6.45) is 7.83. The van der Waals surface area contributed by atoms with E-state index in [2.05, 4.69) is 47.1 Å². The first-order chi connectivity index (χ1) is 31.4. The fourth-order valence-electron chi connectivity index (χ4n) is 8.57. The molecule has 17 heteroatoms. The molecule has 0 bridgehead atoms. The summed E-state index contributed by atoms with van der Waals surface area (Å²) in [6, 6.07) is 17.5. The third kappa shape index (κ3) is 11.2. The van der Waals surface area contributed by atoms with Crippen molar-refractivity contribution >= 4 is 68.6 Å². The second-order valence-electron chi connectivity index (χ2n) is 16.6. The molecule has 342 valence electrons. The minimum Gasteiger partial charge on any atom is -0.496 e. The molecule has 0 spiro atoms. The largest absolute Gasteiger partial charge is 0.496 e. The zero-order valence-electron chi connectivity index (χ0n) is 37.1. The van der Waals surface area contributed by atoms with Gasteiger partial charge >= 0.3 is 0 Å². The number of carbonyl (C=O) groups excluding carboxylic acids is 6. The molecular formula is C48H56BrN9O7. The Bertz CT molecular complexity index is 2430. The van der Waals surface area contributed by atoms with Crippen molar-refractivity contribution in [1.82, 2.24) is 30.8 Å². The molecule has 1 aromatic heterocycles. The summed E-state index contributed by atoms with van der Waals surface area (Å²) in [5.74, 6) is 0.443. The lowest BCUT2D eigenvalue weighted by atomic mass is 10.0. The van der Waals surface area contributed by atoms with Crippen molar-refractivity contribution in [3.63, 3.8) is 0 Å². The number of nitrogens with zero attached hydrogens (tertiary/aromatic N) is 5. The van der Waals surface area contributed by atoms with Crippen LogP contribution in [0.15, 0.2) is 71.3 Å². The number of anilines is 3. The van der Waals surface area contributed by atoms with Gasteiger partial charge in [-0.2, -0.15) is 0 Å². The second kappa shape index (κ2) is 21.7. The second-order valence-corrected chi connectivity index (χ2v) is 17.5. The lowest BCUT2D eigenvalue weighted by Gasteiger charge is -2.40. The van der Waals surface area contributed by atoms with Gasteiger partial charge in [-0.15, -0.1) is 0 Å². The van der Waals surface area contributed by atoms with Crippen LogP contribution in [-0.4, -0.2) is 96.2 Å². The molecule has 16 nitrogen and oxygen atoms in total. The van der Waals surface area contributed by atoms with E-state index in [1.807, 2.05) is 37.3 Å². The molecule has 1 saturated heterocycles. The summed E-state index contributed by atoms with van der Waals surface area (Å²) in [7, 11) is 3.34. The smallest absolute Gasteiger partial charge is 0.255 e. The Morgan fingerprint density at radius 3 is 2.51 bits per heavy atom. The molecule has 4 aromatic rings. The Balaban J connectivity index is 0.797. The van der Waals surface area contributed by atoms with E-state index in [1.54, 1.807) is 55.6 Å². The number of hydrogen-bond donors (Lipinski definition) is 4. The number of ether oxygens (including phenoxy) is 1. The summed E-state index contributed by atoms with van der Waals surface area (Å²) >= 11 is 3.50. The Hall–Kier alpha value is -6.20. The van der Waals surface area contributed by atoms with Crippen LogP contribution in [0.5, 0.6) is 5.75 Å². The molecule has 65 heavy (non-hydrogen) atoms. The molecule has 1 unspecified atom stereocenters. The maximum Gasteiger partial charge on any atom is 0.255 e. The van der Waals surface area contributed by atoms with E-state index in [9.17, 15) is 28.8 Å². The van der Waals surface area contributed by atoms with Gasteiger partial charge in [0.25, 0.3) is 11.8 Å². The SMILES string of the molecule is CC[C@@H]1C(=O)N(C)c2cnc(Cc3ccc(C(=O)NCCCNCCCCCCC(=O)Nc4cccc5c4CN(C4CCC(=O)NC4=O)C5=O)cc3OC)nc2N1Cc1ccc(Br)cc1. The number of rotatable bonds is 20.